The molecule has 2 aromatic heterocycles. The molecule has 2 aromatic carbocycles. The third-order valence-electron chi connectivity index (χ3n) is 5.06. The molecule has 0 spiro atoms. The van der Waals surface area contributed by atoms with E-state index in [1.807, 2.05) is 45.0 Å². The third-order valence-corrected chi connectivity index (χ3v) is 5.47. The van der Waals surface area contributed by atoms with Gasteiger partial charge in [-0.1, -0.05) is 23.7 Å². The molecule has 30 heavy (non-hydrogen) atoms. The first-order chi connectivity index (χ1) is 14.3. The van der Waals surface area contributed by atoms with Gasteiger partial charge < -0.3 is 5.32 Å². The molecule has 0 unspecified atom stereocenters. The SMILES string of the molecule is Cc1ccc(-n2ncc3c(=O)n(CC(=O)Nc4ccc(C)c(Cl)c4)cnc32)cc1C. The Morgan fingerprint density at radius 2 is 1.83 bits per heavy atom. The Bertz CT molecular complexity index is 1340. The Balaban J connectivity index is 1.61. The lowest BCUT2D eigenvalue weighted by Crippen LogP contribution is -2.27. The van der Waals surface area contributed by atoms with Crippen molar-refractivity contribution in [3.05, 3.63) is 81.0 Å². The Hall–Kier alpha value is -3.45. The number of carbonyl (C=O) groups is 1. The van der Waals surface area contributed by atoms with Gasteiger partial charge in [0.05, 0.1) is 11.9 Å². The summed E-state index contributed by atoms with van der Waals surface area (Å²) in [5, 5.41) is 7.98. The second kappa shape index (κ2) is 7.76. The van der Waals surface area contributed by atoms with Gasteiger partial charge in [-0.15, -0.1) is 0 Å². The van der Waals surface area contributed by atoms with Gasteiger partial charge in [0.15, 0.2) is 5.65 Å². The smallest absolute Gasteiger partial charge is 0.264 e. The monoisotopic (exact) mass is 421 g/mol. The standard InChI is InChI=1S/C22H20ClN5O2/c1-13-5-7-17(8-15(13)3)28-21-18(10-25-28)22(30)27(12-24-21)11-20(29)26-16-6-4-14(2)19(23)9-16/h4-10,12H,11H2,1-3H3,(H,26,29). The molecule has 7 nitrogen and oxygen atoms in total. The fraction of sp³-hybridized carbons (Fsp3) is 0.182. The number of fused-ring (bicyclic) bond motifs is 1. The van der Waals surface area contributed by atoms with E-state index in [1.54, 1.807) is 16.8 Å². The molecule has 0 aliphatic carbocycles. The van der Waals surface area contributed by atoms with Crippen LogP contribution in [-0.2, 0) is 11.3 Å². The predicted molar refractivity (Wildman–Crippen MR) is 117 cm³/mol. The van der Waals surface area contributed by atoms with E-state index in [-0.39, 0.29) is 18.0 Å². The average Bonchev–Trinajstić information content (AvgIpc) is 3.14. The average molecular weight is 422 g/mol. The van der Waals surface area contributed by atoms with Crippen LogP contribution in [0.4, 0.5) is 5.69 Å². The van der Waals surface area contributed by atoms with E-state index in [4.69, 9.17) is 11.6 Å². The van der Waals surface area contributed by atoms with E-state index in [0.29, 0.717) is 21.7 Å². The maximum Gasteiger partial charge on any atom is 0.264 e. The van der Waals surface area contributed by atoms with E-state index in [9.17, 15) is 9.59 Å². The molecule has 0 bridgehead atoms. The molecule has 0 aliphatic heterocycles. The molecule has 2 heterocycles. The number of halogens is 1. The molecule has 152 valence electrons. The second-order valence-electron chi connectivity index (χ2n) is 7.25. The number of anilines is 1. The van der Waals surface area contributed by atoms with Crippen molar-refractivity contribution in [3.63, 3.8) is 0 Å². The molecule has 0 saturated carbocycles. The Morgan fingerprint density at radius 1 is 1.07 bits per heavy atom. The summed E-state index contributed by atoms with van der Waals surface area (Å²) in [6.07, 6.45) is 2.85. The van der Waals surface area contributed by atoms with Gasteiger partial charge in [-0.3, -0.25) is 14.2 Å². The lowest BCUT2D eigenvalue weighted by atomic mass is 10.1. The van der Waals surface area contributed by atoms with E-state index in [0.717, 1.165) is 16.8 Å². The maximum atomic E-state index is 12.8. The van der Waals surface area contributed by atoms with Gasteiger partial charge in [-0.2, -0.15) is 5.10 Å². The van der Waals surface area contributed by atoms with Crippen molar-refractivity contribution in [2.24, 2.45) is 0 Å². The summed E-state index contributed by atoms with van der Waals surface area (Å²) in [4.78, 5) is 29.6. The van der Waals surface area contributed by atoms with Gasteiger partial charge in [0.1, 0.15) is 18.3 Å². The van der Waals surface area contributed by atoms with Crippen molar-refractivity contribution in [2.75, 3.05) is 5.32 Å². The third kappa shape index (κ3) is 3.71. The van der Waals surface area contributed by atoms with Gasteiger partial charge in [-0.25, -0.2) is 9.67 Å². The molecule has 0 fully saturated rings. The minimum atomic E-state index is -0.347. The first kappa shape index (κ1) is 19.8. The highest BCUT2D eigenvalue weighted by Crippen LogP contribution is 2.20. The number of rotatable bonds is 4. The number of carbonyl (C=O) groups excluding carboxylic acids is 1. The number of nitrogens with one attached hydrogen (secondary N) is 1. The van der Waals surface area contributed by atoms with Gasteiger partial charge in [-0.05, 0) is 61.7 Å². The van der Waals surface area contributed by atoms with Crippen LogP contribution in [0.2, 0.25) is 5.02 Å². The van der Waals surface area contributed by atoms with Gasteiger partial charge >= 0.3 is 0 Å². The normalized spacial score (nSPS) is 11.1. The maximum absolute atomic E-state index is 12.8. The van der Waals surface area contributed by atoms with Crippen LogP contribution in [0.15, 0.2) is 53.7 Å². The Kier molecular flexibility index (Phi) is 5.13. The zero-order chi connectivity index (χ0) is 21.4. The van der Waals surface area contributed by atoms with E-state index in [1.165, 1.54) is 22.7 Å². The molecule has 1 amide bonds. The van der Waals surface area contributed by atoms with Gasteiger partial charge in [0.2, 0.25) is 5.91 Å². The zero-order valence-electron chi connectivity index (χ0n) is 16.8. The van der Waals surface area contributed by atoms with Gasteiger partial charge in [0, 0.05) is 10.7 Å². The van der Waals surface area contributed by atoms with Crippen LogP contribution in [0.3, 0.4) is 0 Å². The van der Waals surface area contributed by atoms with E-state index >= 15 is 0 Å². The summed E-state index contributed by atoms with van der Waals surface area (Å²) in [6.45, 7) is 5.77. The molecule has 0 aliphatic rings. The van der Waals surface area contributed by atoms with Crippen LogP contribution in [0.25, 0.3) is 16.7 Å². The zero-order valence-corrected chi connectivity index (χ0v) is 17.6. The summed E-state index contributed by atoms with van der Waals surface area (Å²) in [5.74, 6) is -0.347. The first-order valence-corrected chi connectivity index (χ1v) is 9.78. The number of aromatic nitrogens is 4. The molecule has 4 aromatic rings. The summed E-state index contributed by atoms with van der Waals surface area (Å²) < 4.78 is 2.89. The topological polar surface area (TPSA) is 81.8 Å². The van der Waals surface area contributed by atoms with Crippen molar-refractivity contribution in [1.29, 1.82) is 0 Å². The lowest BCUT2D eigenvalue weighted by molar-refractivity contribution is -0.116. The number of hydrogen-bond acceptors (Lipinski definition) is 4. The molecule has 0 saturated heterocycles. The van der Waals surface area contributed by atoms with E-state index < -0.39 is 0 Å². The lowest BCUT2D eigenvalue weighted by Gasteiger charge is -2.09. The minimum Gasteiger partial charge on any atom is -0.324 e. The van der Waals surface area contributed by atoms with Crippen LogP contribution < -0.4 is 10.9 Å². The Morgan fingerprint density at radius 3 is 2.57 bits per heavy atom. The predicted octanol–water partition coefficient (Wildman–Crippen LogP) is 3.80. The molecule has 1 N–H and O–H groups in total. The van der Waals surface area contributed by atoms with Crippen molar-refractivity contribution in [3.8, 4) is 5.69 Å². The number of benzene rings is 2. The molecule has 4 rings (SSSR count). The summed E-state index contributed by atoms with van der Waals surface area (Å²) in [6, 6.07) is 11.2. The number of nitrogens with zero attached hydrogens (tertiary/aromatic N) is 4. The fourth-order valence-corrected chi connectivity index (χ4v) is 3.31. The molecule has 8 heteroatoms. The van der Waals surface area contributed by atoms with Gasteiger partial charge in [0.25, 0.3) is 5.56 Å². The summed E-state index contributed by atoms with van der Waals surface area (Å²) >= 11 is 6.09. The molecular weight excluding hydrogens is 402 g/mol. The van der Waals surface area contributed by atoms with Crippen LogP contribution >= 0.6 is 11.6 Å². The Labute approximate surface area is 177 Å². The number of aryl methyl sites for hydroxylation is 3. The van der Waals surface area contributed by atoms with Crippen molar-refractivity contribution < 1.29 is 4.79 Å². The van der Waals surface area contributed by atoms with E-state index in [2.05, 4.69) is 15.4 Å². The quantitative estimate of drug-likeness (QED) is 0.543. The molecular formula is C22H20ClN5O2. The van der Waals surface area contributed by atoms with Crippen molar-refractivity contribution in [1.82, 2.24) is 19.3 Å². The van der Waals surface area contributed by atoms with Crippen LogP contribution in [0.5, 0.6) is 0 Å². The van der Waals surface area contributed by atoms with Crippen LogP contribution in [0, 0.1) is 20.8 Å². The van der Waals surface area contributed by atoms with Crippen LogP contribution in [-0.4, -0.2) is 25.2 Å². The number of amides is 1. The fourth-order valence-electron chi connectivity index (χ4n) is 3.13. The summed E-state index contributed by atoms with van der Waals surface area (Å²) in [5.41, 5.74) is 4.73. The van der Waals surface area contributed by atoms with Crippen molar-refractivity contribution >= 4 is 34.2 Å². The van der Waals surface area contributed by atoms with Crippen LogP contribution in [0.1, 0.15) is 16.7 Å². The second-order valence-corrected chi connectivity index (χ2v) is 7.66. The first-order valence-electron chi connectivity index (χ1n) is 9.40. The summed E-state index contributed by atoms with van der Waals surface area (Å²) in [7, 11) is 0. The largest absolute Gasteiger partial charge is 0.324 e. The molecule has 0 atom stereocenters. The highest BCUT2D eigenvalue weighted by atomic mass is 35.5. The minimum absolute atomic E-state index is 0.165. The highest BCUT2D eigenvalue weighted by molar-refractivity contribution is 6.31. The number of hydrogen-bond donors (Lipinski definition) is 1. The van der Waals surface area contributed by atoms with Crippen molar-refractivity contribution in [2.45, 2.75) is 27.3 Å². The highest BCUT2D eigenvalue weighted by Gasteiger charge is 2.14. The molecule has 0 radical (unpaired) electrons.